The maximum Gasteiger partial charge on any atom is 0.307 e. The van der Waals surface area contributed by atoms with Gasteiger partial charge < -0.3 is 10.1 Å². The molecule has 0 aliphatic rings. The highest BCUT2D eigenvalue weighted by molar-refractivity contribution is 7.99. The molecule has 0 saturated heterocycles. The molecule has 19 heavy (non-hydrogen) atoms. The molecule has 0 saturated carbocycles. The van der Waals surface area contributed by atoms with Gasteiger partial charge in [-0.3, -0.25) is 9.59 Å². The molecule has 0 atom stereocenters. The van der Waals surface area contributed by atoms with Crippen LogP contribution in [-0.2, 0) is 14.3 Å². The van der Waals surface area contributed by atoms with Gasteiger partial charge in [0.2, 0.25) is 5.91 Å². The third-order valence-electron chi connectivity index (χ3n) is 2.30. The van der Waals surface area contributed by atoms with E-state index in [2.05, 4.69) is 5.32 Å². The van der Waals surface area contributed by atoms with Crippen molar-refractivity contribution >= 4 is 23.6 Å². The van der Waals surface area contributed by atoms with Gasteiger partial charge in [0.1, 0.15) is 0 Å². The summed E-state index contributed by atoms with van der Waals surface area (Å²) < 4.78 is 4.77. The molecule has 1 rings (SSSR count). The number of rotatable bonds is 8. The van der Waals surface area contributed by atoms with Crippen LogP contribution in [0.25, 0.3) is 0 Å². The summed E-state index contributed by atoms with van der Waals surface area (Å²) in [5.41, 5.74) is 0. The topological polar surface area (TPSA) is 55.4 Å². The molecule has 4 nitrogen and oxygen atoms in total. The summed E-state index contributed by atoms with van der Waals surface area (Å²) in [5, 5.41) is 2.71. The Morgan fingerprint density at radius 2 is 1.95 bits per heavy atom. The average molecular weight is 281 g/mol. The standard InChI is InChI=1S/C14H19NO3S/c1-2-18-14(17)8-10-15-13(16)9-11-19-12-6-4-3-5-7-12/h3-7H,2,8-11H2,1H3,(H,15,16). The number of benzene rings is 1. The SMILES string of the molecule is CCOC(=O)CCNC(=O)CCSc1ccccc1. The van der Waals surface area contributed by atoms with Gasteiger partial charge in [-0.1, -0.05) is 18.2 Å². The number of carbonyl (C=O) groups excluding carboxylic acids is 2. The Morgan fingerprint density at radius 1 is 1.21 bits per heavy atom. The second-order valence-corrected chi connectivity index (χ2v) is 4.98. The Kier molecular flexibility index (Phi) is 7.74. The molecular formula is C14H19NO3S. The molecule has 0 heterocycles. The van der Waals surface area contributed by atoms with Crippen molar-refractivity contribution in [2.24, 2.45) is 0 Å². The molecule has 0 spiro atoms. The molecular weight excluding hydrogens is 262 g/mol. The Labute approximate surface area is 117 Å². The molecule has 0 unspecified atom stereocenters. The number of hydrogen-bond donors (Lipinski definition) is 1. The summed E-state index contributed by atoms with van der Waals surface area (Å²) in [7, 11) is 0. The Morgan fingerprint density at radius 3 is 2.63 bits per heavy atom. The van der Waals surface area contributed by atoms with Crippen molar-refractivity contribution in [2.45, 2.75) is 24.7 Å². The Balaban J connectivity index is 2.07. The van der Waals surface area contributed by atoms with Crippen LogP contribution >= 0.6 is 11.8 Å². The first kappa shape index (κ1) is 15.6. The van der Waals surface area contributed by atoms with Crippen LogP contribution in [0.2, 0.25) is 0 Å². The highest BCUT2D eigenvalue weighted by atomic mass is 32.2. The Hall–Kier alpha value is -1.49. The van der Waals surface area contributed by atoms with E-state index in [1.54, 1.807) is 18.7 Å². The van der Waals surface area contributed by atoms with E-state index in [1.807, 2.05) is 30.3 Å². The summed E-state index contributed by atoms with van der Waals surface area (Å²) in [6.07, 6.45) is 0.674. The van der Waals surface area contributed by atoms with Gasteiger partial charge in [0, 0.05) is 23.6 Å². The maximum absolute atomic E-state index is 11.5. The van der Waals surface area contributed by atoms with Gasteiger partial charge in [-0.25, -0.2) is 0 Å². The first-order valence-electron chi connectivity index (χ1n) is 6.32. The minimum absolute atomic E-state index is 0.0345. The molecule has 1 aromatic rings. The van der Waals surface area contributed by atoms with E-state index in [0.29, 0.717) is 19.6 Å². The summed E-state index contributed by atoms with van der Waals surface area (Å²) in [6, 6.07) is 9.95. The summed E-state index contributed by atoms with van der Waals surface area (Å²) >= 11 is 1.64. The predicted molar refractivity (Wildman–Crippen MR) is 76.0 cm³/mol. The number of nitrogens with one attached hydrogen (secondary N) is 1. The smallest absolute Gasteiger partial charge is 0.307 e. The van der Waals surface area contributed by atoms with Crippen LogP contribution in [0.1, 0.15) is 19.8 Å². The Bertz CT molecular complexity index is 395. The highest BCUT2D eigenvalue weighted by Gasteiger charge is 2.04. The molecule has 5 heteroatoms. The lowest BCUT2D eigenvalue weighted by Gasteiger charge is -2.05. The predicted octanol–water partition coefficient (Wildman–Crippen LogP) is 2.24. The van der Waals surface area contributed by atoms with Crippen LogP contribution in [0.5, 0.6) is 0 Å². The number of amides is 1. The fourth-order valence-corrected chi connectivity index (χ4v) is 2.28. The highest BCUT2D eigenvalue weighted by Crippen LogP contribution is 2.17. The normalized spacial score (nSPS) is 9.95. The van der Waals surface area contributed by atoms with Crippen LogP contribution in [-0.4, -0.2) is 30.8 Å². The maximum atomic E-state index is 11.5. The van der Waals surface area contributed by atoms with Gasteiger partial charge in [-0.2, -0.15) is 0 Å². The van der Waals surface area contributed by atoms with Crippen LogP contribution < -0.4 is 5.32 Å². The van der Waals surface area contributed by atoms with Crippen LogP contribution in [0.15, 0.2) is 35.2 Å². The van der Waals surface area contributed by atoms with E-state index < -0.39 is 0 Å². The van der Waals surface area contributed by atoms with Crippen molar-refractivity contribution in [1.82, 2.24) is 5.32 Å². The quantitative estimate of drug-likeness (QED) is 0.586. The monoisotopic (exact) mass is 281 g/mol. The van der Waals surface area contributed by atoms with E-state index in [0.717, 1.165) is 10.6 Å². The van der Waals surface area contributed by atoms with Crippen molar-refractivity contribution in [3.05, 3.63) is 30.3 Å². The molecule has 0 aromatic heterocycles. The molecule has 0 bridgehead atoms. The minimum atomic E-state index is -0.276. The fourth-order valence-electron chi connectivity index (χ4n) is 1.40. The third kappa shape index (κ3) is 7.51. The molecule has 0 radical (unpaired) electrons. The lowest BCUT2D eigenvalue weighted by Crippen LogP contribution is -2.26. The molecule has 1 N–H and O–H groups in total. The van der Waals surface area contributed by atoms with Gasteiger partial charge in [-0.05, 0) is 19.1 Å². The van der Waals surface area contributed by atoms with Crippen molar-refractivity contribution in [2.75, 3.05) is 18.9 Å². The van der Waals surface area contributed by atoms with E-state index in [1.165, 1.54) is 0 Å². The summed E-state index contributed by atoms with van der Waals surface area (Å²) in [6.45, 7) is 2.48. The van der Waals surface area contributed by atoms with Gasteiger partial charge >= 0.3 is 5.97 Å². The number of ether oxygens (including phenoxy) is 1. The van der Waals surface area contributed by atoms with E-state index in [4.69, 9.17) is 4.74 Å². The van der Waals surface area contributed by atoms with Crippen molar-refractivity contribution in [3.63, 3.8) is 0 Å². The lowest BCUT2D eigenvalue weighted by atomic mass is 10.4. The van der Waals surface area contributed by atoms with Crippen molar-refractivity contribution in [1.29, 1.82) is 0 Å². The molecule has 0 aliphatic heterocycles. The van der Waals surface area contributed by atoms with Crippen LogP contribution in [0, 0.1) is 0 Å². The van der Waals surface area contributed by atoms with Gasteiger partial charge in [0.25, 0.3) is 0 Å². The first-order chi connectivity index (χ1) is 9.22. The second kappa shape index (κ2) is 9.44. The fraction of sp³-hybridized carbons (Fsp3) is 0.429. The largest absolute Gasteiger partial charge is 0.466 e. The van der Waals surface area contributed by atoms with Gasteiger partial charge in [-0.15, -0.1) is 11.8 Å². The summed E-state index contributed by atoms with van der Waals surface area (Å²) in [4.78, 5) is 23.7. The minimum Gasteiger partial charge on any atom is -0.466 e. The average Bonchev–Trinajstić information content (AvgIpc) is 2.40. The molecule has 0 aliphatic carbocycles. The van der Waals surface area contributed by atoms with Crippen LogP contribution in [0.4, 0.5) is 0 Å². The van der Waals surface area contributed by atoms with E-state index >= 15 is 0 Å². The molecule has 0 fully saturated rings. The van der Waals surface area contributed by atoms with E-state index in [-0.39, 0.29) is 18.3 Å². The zero-order valence-electron chi connectivity index (χ0n) is 11.1. The summed E-state index contributed by atoms with van der Waals surface area (Å²) in [5.74, 6) is 0.420. The lowest BCUT2D eigenvalue weighted by molar-refractivity contribution is -0.143. The number of hydrogen-bond acceptors (Lipinski definition) is 4. The zero-order chi connectivity index (χ0) is 13.9. The second-order valence-electron chi connectivity index (χ2n) is 3.82. The number of esters is 1. The third-order valence-corrected chi connectivity index (χ3v) is 3.31. The first-order valence-corrected chi connectivity index (χ1v) is 7.31. The zero-order valence-corrected chi connectivity index (χ0v) is 11.9. The van der Waals surface area contributed by atoms with Crippen molar-refractivity contribution in [3.8, 4) is 0 Å². The van der Waals surface area contributed by atoms with Crippen LogP contribution in [0.3, 0.4) is 0 Å². The molecule has 1 amide bonds. The number of thioether (sulfide) groups is 1. The van der Waals surface area contributed by atoms with E-state index in [9.17, 15) is 9.59 Å². The van der Waals surface area contributed by atoms with Gasteiger partial charge in [0.15, 0.2) is 0 Å². The molecule has 1 aromatic carbocycles. The van der Waals surface area contributed by atoms with Gasteiger partial charge in [0.05, 0.1) is 13.0 Å². The van der Waals surface area contributed by atoms with Crippen molar-refractivity contribution < 1.29 is 14.3 Å². The molecule has 104 valence electrons. The number of carbonyl (C=O) groups is 2.